The monoisotopic (exact) mass is 383 g/mol. The Balaban J connectivity index is 1.38. The molecule has 27 heavy (non-hydrogen) atoms. The molecule has 1 aliphatic heterocycles. The van der Waals surface area contributed by atoms with E-state index in [2.05, 4.69) is 14.9 Å². The number of ketones is 1. The molecule has 0 aliphatic carbocycles. The van der Waals surface area contributed by atoms with Crippen LogP contribution in [0.4, 0.5) is 5.82 Å². The van der Waals surface area contributed by atoms with Gasteiger partial charge in [0.15, 0.2) is 5.78 Å². The number of hydrogen-bond acceptors (Lipinski definition) is 4. The third kappa shape index (κ3) is 4.15. The molecule has 0 saturated carbocycles. The lowest BCUT2D eigenvalue weighted by molar-refractivity contribution is 0.0980. The molecule has 0 atom stereocenters. The predicted molar refractivity (Wildman–Crippen MR) is 108 cm³/mol. The van der Waals surface area contributed by atoms with Gasteiger partial charge in [0.25, 0.3) is 0 Å². The van der Waals surface area contributed by atoms with Gasteiger partial charge < -0.3 is 14.6 Å². The minimum atomic E-state index is 0.157. The van der Waals surface area contributed by atoms with Gasteiger partial charge in [0, 0.05) is 53.4 Å². The largest absolute Gasteiger partial charge is 0.378 e. The average Bonchev–Trinajstić information content (AvgIpc) is 3.11. The molecular weight excluding hydrogens is 362 g/mol. The summed E-state index contributed by atoms with van der Waals surface area (Å²) in [6.07, 6.45) is 5.88. The number of carbonyl (C=O) groups is 1. The Morgan fingerprint density at radius 3 is 2.93 bits per heavy atom. The van der Waals surface area contributed by atoms with Gasteiger partial charge in [-0.05, 0) is 48.7 Å². The Hall–Kier alpha value is -2.37. The van der Waals surface area contributed by atoms with Crippen LogP contribution in [0.2, 0.25) is 5.02 Å². The molecule has 1 N–H and O–H groups in total. The van der Waals surface area contributed by atoms with Crippen LogP contribution < -0.4 is 4.90 Å². The number of aromatic nitrogens is 2. The maximum atomic E-state index is 12.6. The predicted octanol–water partition coefficient (Wildman–Crippen LogP) is 4.26. The number of anilines is 1. The summed E-state index contributed by atoms with van der Waals surface area (Å²) < 4.78 is 5.38. The molecule has 1 aliphatic rings. The summed E-state index contributed by atoms with van der Waals surface area (Å²) in [6.45, 7) is 3.03. The van der Waals surface area contributed by atoms with Crippen LogP contribution in [0.15, 0.2) is 42.7 Å². The van der Waals surface area contributed by atoms with Gasteiger partial charge in [0.1, 0.15) is 5.82 Å². The number of pyridine rings is 1. The zero-order chi connectivity index (χ0) is 18.6. The molecule has 3 heterocycles. The summed E-state index contributed by atoms with van der Waals surface area (Å²) in [6, 6.07) is 9.54. The number of H-pyrrole nitrogens is 1. The van der Waals surface area contributed by atoms with Gasteiger partial charge in [-0.3, -0.25) is 4.79 Å². The van der Waals surface area contributed by atoms with Gasteiger partial charge in [-0.25, -0.2) is 4.98 Å². The van der Waals surface area contributed by atoms with Gasteiger partial charge in [0.05, 0.1) is 13.2 Å². The summed E-state index contributed by atoms with van der Waals surface area (Å²) >= 11 is 6.11. The van der Waals surface area contributed by atoms with E-state index >= 15 is 0 Å². The van der Waals surface area contributed by atoms with Crippen LogP contribution in [0.3, 0.4) is 0 Å². The van der Waals surface area contributed by atoms with Gasteiger partial charge >= 0.3 is 0 Å². The number of nitrogens with zero attached hydrogens (tertiary/aromatic N) is 2. The van der Waals surface area contributed by atoms with E-state index in [0.29, 0.717) is 19.6 Å². The minimum absolute atomic E-state index is 0.157. The van der Waals surface area contributed by atoms with E-state index in [1.807, 2.05) is 30.5 Å². The number of nitrogens with one attached hydrogen (secondary N) is 1. The molecule has 5 nitrogen and oxygen atoms in total. The number of Topliss-reactive ketones (excluding diaryl/α,β-unsaturated/α-hetero) is 1. The van der Waals surface area contributed by atoms with E-state index in [0.717, 1.165) is 53.2 Å². The number of morpholine rings is 1. The summed E-state index contributed by atoms with van der Waals surface area (Å²) in [5.74, 6) is 1.01. The number of fused-ring (bicyclic) bond motifs is 1. The molecule has 1 saturated heterocycles. The van der Waals surface area contributed by atoms with Crippen molar-refractivity contribution in [2.24, 2.45) is 0 Å². The third-order valence-corrected chi connectivity index (χ3v) is 5.22. The van der Waals surface area contributed by atoms with Gasteiger partial charge in [-0.15, -0.1) is 0 Å². The Morgan fingerprint density at radius 1 is 1.22 bits per heavy atom. The SMILES string of the molecule is O=C(CCCc1c[nH]c2ccc(Cl)cc12)c1ccnc(N2CCOCC2)c1. The number of hydrogen-bond donors (Lipinski definition) is 1. The summed E-state index contributed by atoms with van der Waals surface area (Å²) in [5.41, 5.74) is 3.00. The first-order valence-electron chi connectivity index (χ1n) is 9.28. The molecule has 0 radical (unpaired) electrons. The minimum Gasteiger partial charge on any atom is -0.378 e. The summed E-state index contributed by atoms with van der Waals surface area (Å²) in [7, 11) is 0. The van der Waals surface area contributed by atoms with Crippen molar-refractivity contribution in [2.75, 3.05) is 31.2 Å². The highest BCUT2D eigenvalue weighted by molar-refractivity contribution is 6.31. The topological polar surface area (TPSA) is 58.2 Å². The van der Waals surface area contributed by atoms with Crippen LogP contribution in [0.25, 0.3) is 10.9 Å². The van der Waals surface area contributed by atoms with Crippen LogP contribution in [-0.2, 0) is 11.2 Å². The van der Waals surface area contributed by atoms with Crippen LogP contribution in [0.5, 0.6) is 0 Å². The molecule has 0 amide bonds. The van der Waals surface area contributed by atoms with E-state index in [1.54, 1.807) is 12.3 Å². The fourth-order valence-corrected chi connectivity index (χ4v) is 3.67. The molecule has 1 aromatic carbocycles. The first kappa shape index (κ1) is 18.0. The molecule has 0 bridgehead atoms. The fourth-order valence-electron chi connectivity index (χ4n) is 3.50. The molecule has 2 aromatic heterocycles. The van der Waals surface area contributed by atoms with Crippen molar-refractivity contribution in [2.45, 2.75) is 19.3 Å². The van der Waals surface area contributed by atoms with Gasteiger partial charge in [0.2, 0.25) is 0 Å². The summed E-state index contributed by atoms with van der Waals surface area (Å²) in [4.78, 5) is 22.5. The maximum Gasteiger partial charge on any atom is 0.163 e. The van der Waals surface area contributed by atoms with Gasteiger partial charge in [-0.2, -0.15) is 0 Å². The van der Waals surface area contributed by atoms with E-state index < -0.39 is 0 Å². The highest BCUT2D eigenvalue weighted by atomic mass is 35.5. The van der Waals surface area contributed by atoms with E-state index in [9.17, 15) is 4.79 Å². The maximum absolute atomic E-state index is 12.6. The van der Waals surface area contributed by atoms with Crippen molar-refractivity contribution in [3.05, 3.63) is 58.9 Å². The summed E-state index contributed by atoms with van der Waals surface area (Å²) in [5, 5.41) is 1.86. The lowest BCUT2D eigenvalue weighted by Crippen LogP contribution is -2.36. The molecule has 1 fully saturated rings. The van der Waals surface area contributed by atoms with Crippen molar-refractivity contribution in [1.29, 1.82) is 0 Å². The van der Waals surface area contributed by atoms with E-state index in [-0.39, 0.29) is 5.78 Å². The second kappa shape index (κ2) is 8.11. The number of benzene rings is 1. The first-order valence-corrected chi connectivity index (χ1v) is 9.66. The van der Waals surface area contributed by atoms with E-state index in [1.165, 1.54) is 5.56 Å². The van der Waals surface area contributed by atoms with Crippen molar-refractivity contribution < 1.29 is 9.53 Å². The van der Waals surface area contributed by atoms with Crippen molar-refractivity contribution >= 4 is 34.1 Å². The molecule has 6 heteroatoms. The lowest BCUT2D eigenvalue weighted by atomic mass is 10.0. The quantitative estimate of drug-likeness (QED) is 0.646. The smallest absolute Gasteiger partial charge is 0.163 e. The zero-order valence-electron chi connectivity index (χ0n) is 15.1. The average molecular weight is 384 g/mol. The number of aryl methyl sites for hydroxylation is 1. The first-order chi connectivity index (χ1) is 13.2. The van der Waals surface area contributed by atoms with E-state index in [4.69, 9.17) is 16.3 Å². The van der Waals surface area contributed by atoms with Crippen LogP contribution in [0.1, 0.15) is 28.8 Å². The van der Waals surface area contributed by atoms with Crippen molar-refractivity contribution in [3.8, 4) is 0 Å². The molecular formula is C21H22ClN3O2. The highest BCUT2D eigenvalue weighted by Crippen LogP contribution is 2.24. The molecule has 140 valence electrons. The van der Waals surface area contributed by atoms with Crippen LogP contribution in [0, 0.1) is 0 Å². The number of halogens is 1. The standard InChI is InChI=1S/C21H22ClN3O2/c22-17-4-5-19-18(13-17)16(14-24-19)2-1-3-20(26)15-6-7-23-21(12-15)25-8-10-27-11-9-25/h4-7,12-14,24H,1-3,8-11H2. The molecule has 0 spiro atoms. The number of ether oxygens (including phenoxy) is 1. The number of rotatable bonds is 6. The third-order valence-electron chi connectivity index (χ3n) is 4.98. The highest BCUT2D eigenvalue weighted by Gasteiger charge is 2.15. The molecule has 4 rings (SSSR count). The molecule has 3 aromatic rings. The second-order valence-corrected chi connectivity index (χ2v) is 7.22. The molecule has 0 unspecified atom stereocenters. The Morgan fingerprint density at radius 2 is 2.07 bits per heavy atom. The Bertz CT molecular complexity index is 948. The lowest BCUT2D eigenvalue weighted by Gasteiger charge is -2.27. The van der Waals surface area contributed by atoms with Crippen LogP contribution in [-0.4, -0.2) is 42.1 Å². The van der Waals surface area contributed by atoms with Gasteiger partial charge in [-0.1, -0.05) is 11.6 Å². The zero-order valence-corrected chi connectivity index (χ0v) is 15.8. The van der Waals surface area contributed by atoms with Crippen LogP contribution >= 0.6 is 11.6 Å². The fraction of sp³-hybridized carbons (Fsp3) is 0.333. The number of aromatic amines is 1. The Labute approximate surface area is 163 Å². The Kier molecular flexibility index (Phi) is 5.41. The normalized spacial score (nSPS) is 14.6. The van der Waals surface area contributed by atoms with Crippen molar-refractivity contribution in [3.63, 3.8) is 0 Å². The van der Waals surface area contributed by atoms with Crippen molar-refractivity contribution in [1.82, 2.24) is 9.97 Å². The number of carbonyl (C=O) groups excluding carboxylic acids is 1. The second-order valence-electron chi connectivity index (χ2n) is 6.78.